The zero-order chi connectivity index (χ0) is 19.6. The Hall–Kier alpha value is -2.62. The summed E-state index contributed by atoms with van der Waals surface area (Å²) in [6.07, 6.45) is -2.86. The van der Waals surface area contributed by atoms with E-state index in [0.717, 1.165) is 25.0 Å². The predicted molar refractivity (Wildman–Crippen MR) is 92.5 cm³/mol. The van der Waals surface area contributed by atoms with Crippen LogP contribution in [0.25, 0.3) is 0 Å². The number of ether oxygens (including phenoxy) is 1. The summed E-state index contributed by atoms with van der Waals surface area (Å²) in [4.78, 5) is 29.7. The van der Waals surface area contributed by atoms with E-state index in [-0.39, 0.29) is 24.0 Å². The SMILES string of the molecule is COC(=O)c1csc(CN(C(=O)Nc2cccc(C(F)(F)F)c2)C2CC2)n1. The van der Waals surface area contributed by atoms with Gasteiger partial charge in [-0.25, -0.2) is 14.6 Å². The van der Waals surface area contributed by atoms with Gasteiger partial charge in [-0.05, 0) is 31.0 Å². The van der Waals surface area contributed by atoms with Gasteiger partial charge in [0, 0.05) is 17.1 Å². The van der Waals surface area contributed by atoms with Gasteiger partial charge in [0.25, 0.3) is 0 Å². The highest BCUT2D eigenvalue weighted by atomic mass is 32.1. The Labute approximate surface area is 157 Å². The monoisotopic (exact) mass is 399 g/mol. The molecule has 1 aromatic carbocycles. The second-order valence-electron chi connectivity index (χ2n) is 5.99. The first kappa shape index (κ1) is 19.2. The molecule has 0 aliphatic heterocycles. The van der Waals surface area contributed by atoms with Crippen molar-refractivity contribution in [2.24, 2.45) is 0 Å². The van der Waals surface area contributed by atoms with Crippen LogP contribution in [0.2, 0.25) is 0 Å². The molecule has 27 heavy (non-hydrogen) atoms. The van der Waals surface area contributed by atoms with Crippen molar-refractivity contribution < 1.29 is 27.5 Å². The van der Waals surface area contributed by atoms with Crippen LogP contribution in [0.15, 0.2) is 29.6 Å². The summed E-state index contributed by atoms with van der Waals surface area (Å²) in [7, 11) is 1.25. The average Bonchev–Trinajstić information content (AvgIpc) is 3.36. The van der Waals surface area contributed by atoms with Gasteiger partial charge in [0.05, 0.1) is 19.2 Å². The molecule has 10 heteroatoms. The fraction of sp³-hybridized carbons (Fsp3) is 0.353. The van der Waals surface area contributed by atoms with E-state index < -0.39 is 23.7 Å². The topological polar surface area (TPSA) is 71.5 Å². The second kappa shape index (κ2) is 7.55. The maximum Gasteiger partial charge on any atom is 0.416 e. The van der Waals surface area contributed by atoms with Crippen molar-refractivity contribution >= 4 is 29.0 Å². The van der Waals surface area contributed by atoms with E-state index in [4.69, 9.17) is 0 Å². The molecule has 0 radical (unpaired) electrons. The van der Waals surface area contributed by atoms with Crippen molar-refractivity contribution in [3.8, 4) is 0 Å². The molecule has 6 nitrogen and oxygen atoms in total. The van der Waals surface area contributed by atoms with Gasteiger partial charge in [-0.15, -0.1) is 11.3 Å². The van der Waals surface area contributed by atoms with E-state index in [1.165, 1.54) is 40.9 Å². The highest BCUT2D eigenvalue weighted by Gasteiger charge is 2.34. The lowest BCUT2D eigenvalue weighted by Crippen LogP contribution is -2.36. The normalized spacial score (nSPS) is 13.9. The lowest BCUT2D eigenvalue weighted by Gasteiger charge is -2.22. The van der Waals surface area contributed by atoms with Crippen molar-refractivity contribution in [2.75, 3.05) is 12.4 Å². The molecule has 1 N–H and O–H groups in total. The van der Waals surface area contributed by atoms with Gasteiger partial charge in [0.2, 0.25) is 0 Å². The Kier molecular flexibility index (Phi) is 5.36. The number of hydrogen-bond acceptors (Lipinski definition) is 5. The summed E-state index contributed by atoms with van der Waals surface area (Å²) < 4.78 is 43.1. The minimum atomic E-state index is -4.48. The molecule has 1 fully saturated rings. The number of benzene rings is 1. The summed E-state index contributed by atoms with van der Waals surface area (Å²) in [5.74, 6) is -0.566. The number of amides is 2. The molecule has 1 aromatic heterocycles. The minimum Gasteiger partial charge on any atom is -0.464 e. The molecule has 0 spiro atoms. The van der Waals surface area contributed by atoms with E-state index in [0.29, 0.717) is 5.01 Å². The number of nitrogens with one attached hydrogen (secondary N) is 1. The van der Waals surface area contributed by atoms with Gasteiger partial charge in [-0.3, -0.25) is 0 Å². The summed E-state index contributed by atoms with van der Waals surface area (Å²) in [5.41, 5.74) is -0.609. The summed E-state index contributed by atoms with van der Waals surface area (Å²) in [5, 5.41) is 4.59. The number of urea groups is 1. The van der Waals surface area contributed by atoms with Gasteiger partial charge in [-0.2, -0.15) is 13.2 Å². The van der Waals surface area contributed by atoms with Crippen LogP contribution in [0.4, 0.5) is 23.7 Å². The molecule has 1 aliphatic rings. The van der Waals surface area contributed by atoms with Crippen LogP contribution in [0.3, 0.4) is 0 Å². The Morgan fingerprint density at radius 3 is 2.74 bits per heavy atom. The van der Waals surface area contributed by atoms with E-state index in [2.05, 4.69) is 15.0 Å². The first-order valence-corrected chi connectivity index (χ1v) is 8.93. The lowest BCUT2D eigenvalue weighted by molar-refractivity contribution is -0.137. The number of aromatic nitrogens is 1. The number of methoxy groups -OCH3 is 1. The van der Waals surface area contributed by atoms with Crippen LogP contribution in [0, 0.1) is 0 Å². The van der Waals surface area contributed by atoms with Crippen LogP contribution in [-0.2, 0) is 17.5 Å². The van der Waals surface area contributed by atoms with Crippen LogP contribution in [0.1, 0.15) is 33.9 Å². The van der Waals surface area contributed by atoms with Gasteiger partial charge < -0.3 is 15.0 Å². The third-order valence-electron chi connectivity index (χ3n) is 3.94. The van der Waals surface area contributed by atoms with Gasteiger partial charge in [0.1, 0.15) is 5.01 Å². The van der Waals surface area contributed by atoms with Crippen LogP contribution in [0.5, 0.6) is 0 Å². The smallest absolute Gasteiger partial charge is 0.416 e. The molecular weight excluding hydrogens is 383 g/mol. The van der Waals surface area contributed by atoms with Crippen LogP contribution >= 0.6 is 11.3 Å². The molecule has 1 saturated carbocycles. The Bertz CT molecular complexity index is 849. The largest absolute Gasteiger partial charge is 0.464 e. The highest BCUT2D eigenvalue weighted by molar-refractivity contribution is 7.09. The van der Waals surface area contributed by atoms with Gasteiger partial charge >= 0.3 is 18.2 Å². The third kappa shape index (κ3) is 4.76. The van der Waals surface area contributed by atoms with Gasteiger partial charge in [-0.1, -0.05) is 6.07 Å². The van der Waals surface area contributed by atoms with Crippen molar-refractivity contribution in [3.05, 3.63) is 45.9 Å². The van der Waals surface area contributed by atoms with Crippen molar-refractivity contribution in [1.82, 2.24) is 9.88 Å². The molecule has 2 amide bonds. The zero-order valence-electron chi connectivity index (χ0n) is 14.2. The molecule has 1 heterocycles. The minimum absolute atomic E-state index is 0.00118. The first-order chi connectivity index (χ1) is 12.8. The standard InChI is InChI=1S/C17H16F3N3O3S/c1-26-15(24)13-9-27-14(22-13)8-23(12-5-6-12)16(25)21-11-4-2-3-10(7-11)17(18,19)20/h2-4,7,9,12H,5-6,8H2,1H3,(H,21,25). The molecule has 0 unspecified atom stereocenters. The van der Waals surface area contributed by atoms with E-state index in [9.17, 15) is 22.8 Å². The Morgan fingerprint density at radius 2 is 2.11 bits per heavy atom. The summed E-state index contributed by atoms with van der Waals surface area (Å²) in [6, 6.07) is 3.97. The number of rotatable bonds is 5. The number of alkyl halides is 3. The molecule has 3 rings (SSSR count). The molecule has 0 atom stereocenters. The maximum absolute atomic E-state index is 12.8. The number of anilines is 1. The fourth-order valence-electron chi connectivity index (χ4n) is 2.45. The second-order valence-corrected chi connectivity index (χ2v) is 6.93. The van der Waals surface area contributed by atoms with Crippen LogP contribution < -0.4 is 5.32 Å². The van der Waals surface area contributed by atoms with Crippen LogP contribution in [-0.4, -0.2) is 35.0 Å². The van der Waals surface area contributed by atoms with E-state index >= 15 is 0 Å². The Morgan fingerprint density at radius 1 is 1.37 bits per heavy atom. The number of esters is 1. The molecule has 0 saturated heterocycles. The summed E-state index contributed by atoms with van der Waals surface area (Å²) in [6.45, 7) is 0.164. The molecular formula is C17H16F3N3O3S. The van der Waals surface area contributed by atoms with E-state index in [1.54, 1.807) is 0 Å². The first-order valence-electron chi connectivity index (χ1n) is 8.05. The van der Waals surface area contributed by atoms with Crippen molar-refractivity contribution in [3.63, 3.8) is 0 Å². The number of carbonyl (C=O) groups is 2. The van der Waals surface area contributed by atoms with Crippen molar-refractivity contribution in [1.29, 1.82) is 0 Å². The third-order valence-corrected chi connectivity index (χ3v) is 4.78. The fourth-order valence-corrected chi connectivity index (χ4v) is 3.21. The Balaban J connectivity index is 1.71. The zero-order valence-corrected chi connectivity index (χ0v) is 15.1. The molecule has 1 aliphatic carbocycles. The van der Waals surface area contributed by atoms with E-state index in [1.807, 2.05) is 0 Å². The number of hydrogen-bond donors (Lipinski definition) is 1. The highest BCUT2D eigenvalue weighted by Crippen LogP contribution is 2.32. The number of carbonyl (C=O) groups excluding carboxylic acids is 2. The predicted octanol–water partition coefficient (Wildman–Crippen LogP) is 4.15. The lowest BCUT2D eigenvalue weighted by atomic mass is 10.2. The van der Waals surface area contributed by atoms with Crippen molar-refractivity contribution in [2.45, 2.75) is 31.6 Å². The number of halogens is 3. The maximum atomic E-state index is 12.8. The summed E-state index contributed by atoms with van der Waals surface area (Å²) >= 11 is 1.21. The van der Waals surface area contributed by atoms with Gasteiger partial charge in [0.15, 0.2) is 5.69 Å². The number of thiazole rings is 1. The average molecular weight is 399 g/mol. The molecule has 144 valence electrons. The quantitative estimate of drug-likeness (QED) is 0.767. The molecule has 0 bridgehead atoms. The number of nitrogens with zero attached hydrogens (tertiary/aromatic N) is 2. The molecule has 2 aromatic rings.